The number of aliphatic imine (C=N–C) groups is 1. The smallest absolute Gasteiger partial charge is 0.191 e. The Labute approximate surface area is 137 Å². The van der Waals surface area contributed by atoms with Gasteiger partial charge in [-0.3, -0.25) is 9.89 Å². The van der Waals surface area contributed by atoms with Crippen molar-refractivity contribution in [3.63, 3.8) is 0 Å². The van der Waals surface area contributed by atoms with E-state index in [-0.39, 0.29) is 11.4 Å². The van der Waals surface area contributed by atoms with Gasteiger partial charge in [-0.2, -0.15) is 0 Å². The van der Waals surface area contributed by atoms with Crippen LogP contribution in [0.2, 0.25) is 0 Å². The Bertz CT molecular complexity index is 527. The van der Waals surface area contributed by atoms with Gasteiger partial charge >= 0.3 is 0 Å². The molecule has 0 aromatic heterocycles. The molecule has 128 valence electrons. The van der Waals surface area contributed by atoms with E-state index in [1.807, 2.05) is 6.07 Å². The maximum atomic E-state index is 13.6. The van der Waals surface area contributed by atoms with Crippen molar-refractivity contribution in [2.75, 3.05) is 39.9 Å². The molecule has 0 bridgehead atoms. The Morgan fingerprint density at radius 3 is 2.61 bits per heavy atom. The van der Waals surface area contributed by atoms with E-state index in [1.54, 1.807) is 19.2 Å². The molecule has 1 aromatic carbocycles. The lowest BCUT2D eigenvalue weighted by molar-refractivity contribution is -0.00834. The summed E-state index contributed by atoms with van der Waals surface area (Å²) in [5, 5.41) is 6.49. The third-order valence-corrected chi connectivity index (χ3v) is 4.18. The molecule has 0 saturated carbocycles. The van der Waals surface area contributed by atoms with Crippen molar-refractivity contribution < 1.29 is 9.13 Å². The summed E-state index contributed by atoms with van der Waals surface area (Å²) < 4.78 is 19.0. The molecule has 1 aliphatic heterocycles. The van der Waals surface area contributed by atoms with Crippen molar-refractivity contribution in [2.24, 2.45) is 4.99 Å². The van der Waals surface area contributed by atoms with E-state index >= 15 is 0 Å². The number of ether oxygens (including phenoxy) is 1. The lowest BCUT2D eigenvalue weighted by atomic mass is 10.0. The zero-order valence-corrected chi connectivity index (χ0v) is 14.2. The molecular formula is C17H27FN4O. The second-order valence-corrected chi connectivity index (χ2v) is 6.28. The predicted octanol–water partition coefficient (Wildman–Crippen LogP) is 1.60. The molecule has 5 nitrogen and oxygen atoms in total. The van der Waals surface area contributed by atoms with Crippen molar-refractivity contribution in [2.45, 2.75) is 25.9 Å². The fourth-order valence-corrected chi connectivity index (χ4v) is 2.62. The first-order valence-electron chi connectivity index (χ1n) is 8.03. The summed E-state index contributed by atoms with van der Waals surface area (Å²) in [7, 11) is 1.72. The van der Waals surface area contributed by atoms with E-state index in [9.17, 15) is 4.39 Å². The highest BCUT2D eigenvalue weighted by molar-refractivity contribution is 5.79. The van der Waals surface area contributed by atoms with E-state index < -0.39 is 0 Å². The van der Waals surface area contributed by atoms with E-state index in [1.165, 1.54) is 6.07 Å². The van der Waals surface area contributed by atoms with Gasteiger partial charge in [0.1, 0.15) is 5.82 Å². The van der Waals surface area contributed by atoms with Gasteiger partial charge in [0.05, 0.1) is 13.2 Å². The minimum atomic E-state index is -0.205. The standard InChI is InChI=1S/C17H27FN4O/c1-17(2,22-8-10-23-11-9-22)13-21-16(19-3)20-12-14-6-4-5-7-15(14)18/h4-7H,8-13H2,1-3H3,(H2,19,20,21). The number of halogens is 1. The molecule has 1 aliphatic rings. The molecule has 2 N–H and O–H groups in total. The van der Waals surface area contributed by atoms with Crippen LogP contribution < -0.4 is 10.6 Å². The van der Waals surface area contributed by atoms with Crippen LogP contribution in [0, 0.1) is 5.82 Å². The minimum Gasteiger partial charge on any atom is -0.379 e. The van der Waals surface area contributed by atoms with Gasteiger partial charge in [-0.15, -0.1) is 0 Å². The zero-order chi connectivity index (χ0) is 16.7. The van der Waals surface area contributed by atoms with Crippen LogP contribution in [-0.2, 0) is 11.3 Å². The van der Waals surface area contributed by atoms with Crippen LogP contribution in [0.1, 0.15) is 19.4 Å². The van der Waals surface area contributed by atoms with Crippen LogP contribution in [0.25, 0.3) is 0 Å². The van der Waals surface area contributed by atoms with Crippen molar-refractivity contribution in [1.29, 1.82) is 0 Å². The van der Waals surface area contributed by atoms with Gasteiger partial charge in [0.2, 0.25) is 0 Å². The molecule has 0 amide bonds. The average Bonchev–Trinajstić information content (AvgIpc) is 2.57. The first-order valence-corrected chi connectivity index (χ1v) is 8.03. The van der Waals surface area contributed by atoms with Crippen LogP contribution >= 0.6 is 0 Å². The Morgan fingerprint density at radius 1 is 1.26 bits per heavy atom. The number of hydrogen-bond acceptors (Lipinski definition) is 3. The Hall–Kier alpha value is -1.66. The highest BCUT2D eigenvalue weighted by Crippen LogP contribution is 2.15. The van der Waals surface area contributed by atoms with Crippen LogP contribution in [0.15, 0.2) is 29.3 Å². The largest absolute Gasteiger partial charge is 0.379 e. The average molecular weight is 322 g/mol. The predicted molar refractivity (Wildman–Crippen MR) is 91.1 cm³/mol. The van der Waals surface area contributed by atoms with E-state index in [0.29, 0.717) is 18.1 Å². The first-order chi connectivity index (χ1) is 11.0. The molecule has 2 rings (SSSR count). The number of hydrogen-bond donors (Lipinski definition) is 2. The van der Waals surface area contributed by atoms with Crippen molar-refractivity contribution in [1.82, 2.24) is 15.5 Å². The molecule has 1 saturated heterocycles. The molecule has 0 unspecified atom stereocenters. The minimum absolute atomic E-state index is 0.000598. The number of rotatable bonds is 5. The summed E-state index contributed by atoms with van der Waals surface area (Å²) in [5.74, 6) is 0.471. The summed E-state index contributed by atoms with van der Waals surface area (Å²) >= 11 is 0. The number of guanidine groups is 1. The maximum Gasteiger partial charge on any atom is 0.191 e. The summed E-state index contributed by atoms with van der Waals surface area (Å²) in [6.07, 6.45) is 0. The number of nitrogens with zero attached hydrogens (tertiary/aromatic N) is 2. The molecule has 23 heavy (non-hydrogen) atoms. The van der Waals surface area contributed by atoms with Gasteiger partial charge in [-0.25, -0.2) is 4.39 Å². The van der Waals surface area contributed by atoms with Crippen molar-refractivity contribution in [3.8, 4) is 0 Å². The fourth-order valence-electron chi connectivity index (χ4n) is 2.62. The molecule has 0 radical (unpaired) electrons. The highest BCUT2D eigenvalue weighted by atomic mass is 19.1. The second kappa shape index (κ2) is 8.26. The van der Waals surface area contributed by atoms with Gasteiger partial charge in [0.15, 0.2) is 5.96 Å². The topological polar surface area (TPSA) is 48.9 Å². The summed E-state index contributed by atoms with van der Waals surface area (Å²) in [6, 6.07) is 6.76. The maximum absolute atomic E-state index is 13.6. The first kappa shape index (κ1) is 17.7. The molecular weight excluding hydrogens is 295 g/mol. The van der Waals surface area contributed by atoms with Crippen molar-refractivity contribution >= 4 is 5.96 Å². The summed E-state index contributed by atoms with van der Waals surface area (Å²) in [4.78, 5) is 6.62. The summed E-state index contributed by atoms with van der Waals surface area (Å²) in [5.41, 5.74) is 0.627. The highest BCUT2D eigenvalue weighted by Gasteiger charge is 2.28. The Balaban J connectivity index is 1.83. The summed E-state index contributed by atoms with van der Waals surface area (Å²) in [6.45, 7) is 9.01. The van der Waals surface area contributed by atoms with Gasteiger partial charge in [0, 0.05) is 44.3 Å². The fraction of sp³-hybridized carbons (Fsp3) is 0.588. The van der Waals surface area contributed by atoms with Crippen LogP contribution in [0.3, 0.4) is 0 Å². The van der Waals surface area contributed by atoms with Crippen LogP contribution in [0.4, 0.5) is 4.39 Å². The second-order valence-electron chi connectivity index (χ2n) is 6.28. The Kier molecular flexibility index (Phi) is 6.36. The number of benzene rings is 1. The quantitative estimate of drug-likeness (QED) is 0.639. The molecule has 1 aromatic rings. The monoisotopic (exact) mass is 322 g/mol. The van der Waals surface area contributed by atoms with Gasteiger partial charge in [0.25, 0.3) is 0 Å². The Morgan fingerprint density at radius 2 is 1.96 bits per heavy atom. The third kappa shape index (κ3) is 5.18. The molecule has 1 heterocycles. The molecule has 6 heteroatoms. The number of morpholine rings is 1. The van der Waals surface area contributed by atoms with Gasteiger partial charge < -0.3 is 15.4 Å². The van der Waals surface area contributed by atoms with E-state index in [0.717, 1.165) is 32.8 Å². The van der Waals surface area contributed by atoms with Gasteiger partial charge in [-0.05, 0) is 19.9 Å². The van der Waals surface area contributed by atoms with Crippen molar-refractivity contribution in [3.05, 3.63) is 35.6 Å². The molecule has 0 atom stereocenters. The molecule has 1 fully saturated rings. The lowest BCUT2D eigenvalue weighted by Crippen LogP contribution is -2.56. The number of nitrogens with one attached hydrogen (secondary N) is 2. The van der Waals surface area contributed by atoms with E-state index in [4.69, 9.17) is 4.74 Å². The zero-order valence-electron chi connectivity index (χ0n) is 14.2. The van der Waals surface area contributed by atoms with E-state index in [2.05, 4.69) is 34.4 Å². The van der Waals surface area contributed by atoms with Gasteiger partial charge in [-0.1, -0.05) is 18.2 Å². The SMILES string of the molecule is CN=C(NCc1ccccc1F)NCC(C)(C)N1CCOCC1. The molecule has 0 aliphatic carbocycles. The van der Waals surface area contributed by atoms with Crippen LogP contribution in [-0.4, -0.2) is 56.3 Å². The lowest BCUT2D eigenvalue weighted by Gasteiger charge is -2.41. The normalized spacial score (nSPS) is 17.1. The van der Waals surface area contributed by atoms with Crippen LogP contribution in [0.5, 0.6) is 0 Å². The molecule has 0 spiro atoms. The third-order valence-electron chi connectivity index (χ3n) is 4.18.